The fraction of sp³-hybridized carbons (Fsp3) is 0.769. The quantitative estimate of drug-likeness (QED) is 0.253. The first-order chi connectivity index (χ1) is 16.6. The van der Waals surface area contributed by atoms with Crippen LogP contribution in [0.1, 0.15) is 83.1 Å². The molecule has 0 amide bonds. The van der Waals surface area contributed by atoms with E-state index in [4.69, 9.17) is 4.74 Å². The lowest BCUT2D eigenvalue weighted by Gasteiger charge is -2.34. The molecule has 1 aromatic rings. The van der Waals surface area contributed by atoms with Gasteiger partial charge in [-0.3, -0.25) is 0 Å². The highest BCUT2D eigenvalue weighted by atomic mass is 32.2. The van der Waals surface area contributed by atoms with E-state index in [2.05, 4.69) is 18.9 Å². The molecule has 0 bridgehead atoms. The summed E-state index contributed by atoms with van der Waals surface area (Å²) >= 11 is 0. The third-order valence-corrected chi connectivity index (χ3v) is 8.87. The van der Waals surface area contributed by atoms with E-state index in [1.165, 1.54) is 50.0 Å². The Morgan fingerprint density at radius 2 is 1.46 bits per heavy atom. The third-order valence-electron chi connectivity index (χ3n) is 6.95. The number of sulfonamides is 1. The maximum Gasteiger partial charge on any atom is 0.416 e. The molecule has 0 atom stereocenters. The Hall–Kier alpha value is -1.16. The molecular formula is C26H43F3N2O3S. The van der Waals surface area contributed by atoms with Crippen LogP contribution in [0.25, 0.3) is 0 Å². The van der Waals surface area contributed by atoms with Crippen LogP contribution in [0.2, 0.25) is 0 Å². The number of ether oxygens (including phenoxy) is 1. The zero-order valence-corrected chi connectivity index (χ0v) is 22.3. The van der Waals surface area contributed by atoms with Crippen LogP contribution in [-0.2, 0) is 20.9 Å². The molecule has 1 aliphatic rings. The summed E-state index contributed by atoms with van der Waals surface area (Å²) < 4.78 is 71.4. The molecule has 0 aromatic heterocycles. The van der Waals surface area contributed by atoms with E-state index >= 15 is 0 Å². The van der Waals surface area contributed by atoms with Gasteiger partial charge in [-0.15, -0.1) is 0 Å². The zero-order chi connectivity index (χ0) is 25.9. The zero-order valence-electron chi connectivity index (χ0n) is 21.5. The number of alkyl halides is 3. The Balaban J connectivity index is 1.64. The Bertz CT molecular complexity index is 823. The first-order valence-electron chi connectivity index (χ1n) is 13.0. The number of nitrogens with zero attached hydrogens (tertiary/aromatic N) is 2. The minimum atomic E-state index is -4.49. The first-order valence-corrected chi connectivity index (χ1v) is 14.4. The molecule has 1 fully saturated rings. The summed E-state index contributed by atoms with van der Waals surface area (Å²) in [5, 5.41) is 0. The number of rotatable bonds is 15. The van der Waals surface area contributed by atoms with Crippen LogP contribution in [0.5, 0.6) is 0 Å². The SMILES string of the molecule is CCCCCN(C)CCCCCCO[C@H]1CC[C@H](N(C)S(=O)(=O)c2ccc(C(F)(F)F)cc2)CC1. The van der Waals surface area contributed by atoms with Crippen molar-refractivity contribution in [1.29, 1.82) is 0 Å². The van der Waals surface area contributed by atoms with Gasteiger partial charge in [0, 0.05) is 19.7 Å². The first kappa shape index (κ1) is 30.1. The minimum Gasteiger partial charge on any atom is -0.378 e. The van der Waals surface area contributed by atoms with Gasteiger partial charge in [-0.1, -0.05) is 32.6 Å². The number of hydrogen-bond donors (Lipinski definition) is 0. The molecule has 0 heterocycles. The van der Waals surface area contributed by atoms with Gasteiger partial charge in [0.05, 0.1) is 16.6 Å². The monoisotopic (exact) mass is 520 g/mol. The smallest absolute Gasteiger partial charge is 0.378 e. The highest BCUT2D eigenvalue weighted by Crippen LogP contribution is 2.32. The molecule has 202 valence electrons. The van der Waals surface area contributed by atoms with Crippen molar-refractivity contribution in [2.45, 2.75) is 101 Å². The molecule has 35 heavy (non-hydrogen) atoms. The van der Waals surface area contributed by atoms with Crippen LogP contribution in [0.15, 0.2) is 29.2 Å². The van der Waals surface area contributed by atoms with Crippen molar-refractivity contribution >= 4 is 10.0 Å². The Morgan fingerprint density at radius 1 is 0.886 bits per heavy atom. The molecule has 0 aliphatic heterocycles. The molecule has 0 N–H and O–H groups in total. The minimum absolute atomic E-state index is 0.112. The van der Waals surface area contributed by atoms with Crippen LogP contribution in [0.4, 0.5) is 13.2 Å². The number of halogens is 3. The summed E-state index contributed by atoms with van der Waals surface area (Å²) in [7, 11) is -0.130. The van der Waals surface area contributed by atoms with Crippen LogP contribution in [-0.4, -0.2) is 63.6 Å². The summed E-state index contributed by atoms with van der Waals surface area (Å²) in [6.45, 7) is 5.29. The molecule has 0 unspecified atom stereocenters. The lowest BCUT2D eigenvalue weighted by molar-refractivity contribution is -0.137. The van der Waals surface area contributed by atoms with Crippen molar-refractivity contribution in [3.8, 4) is 0 Å². The fourth-order valence-corrected chi connectivity index (χ4v) is 6.00. The van der Waals surface area contributed by atoms with E-state index in [1.807, 2.05) is 0 Å². The maximum atomic E-state index is 12.9. The molecule has 2 rings (SSSR count). The Morgan fingerprint density at radius 3 is 2.03 bits per heavy atom. The van der Waals surface area contributed by atoms with E-state index in [0.29, 0.717) is 12.8 Å². The molecule has 9 heteroatoms. The fourth-order valence-electron chi connectivity index (χ4n) is 4.58. The summed E-state index contributed by atoms with van der Waals surface area (Å²) in [5.74, 6) is 0. The van der Waals surface area contributed by atoms with Gasteiger partial charge in [-0.25, -0.2) is 8.42 Å². The van der Waals surface area contributed by atoms with Crippen molar-refractivity contribution in [1.82, 2.24) is 9.21 Å². The summed E-state index contributed by atoms with van der Waals surface area (Å²) in [6.07, 6.45) is 7.08. The molecule has 0 radical (unpaired) electrons. The molecule has 0 spiro atoms. The number of unbranched alkanes of at least 4 members (excludes halogenated alkanes) is 5. The molecular weight excluding hydrogens is 477 g/mol. The number of hydrogen-bond acceptors (Lipinski definition) is 4. The molecule has 0 saturated heterocycles. The maximum absolute atomic E-state index is 12.9. The van der Waals surface area contributed by atoms with Crippen molar-refractivity contribution < 1.29 is 26.3 Å². The van der Waals surface area contributed by atoms with Crippen molar-refractivity contribution in [2.75, 3.05) is 33.8 Å². The Kier molecular flexibility index (Phi) is 12.5. The standard InChI is InChI=1S/C26H43F3N2O3S/c1-4-5-8-19-30(2)20-9-6-7-10-21-34-24-15-13-23(14-16-24)31(3)35(32,33)25-17-11-22(12-18-25)26(27,28)29/h11-12,17-18,23-24H,4-10,13-16,19-21H2,1-3H3/t23-,24-. The Labute approximate surface area is 210 Å². The second kappa shape index (κ2) is 14.5. The topological polar surface area (TPSA) is 49.9 Å². The second-order valence-electron chi connectivity index (χ2n) is 9.77. The summed E-state index contributed by atoms with van der Waals surface area (Å²) in [6, 6.07) is 3.53. The van der Waals surface area contributed by atoms with Gasteiger partial charge in [0.1, 0.15) is 0 Å². The predicted octanol–water partition coefficient (Wildman–Crippen LogP) is 6.34. The van der Waals surface area contributed by atoms with Crippen molar-refractivity contribution in [2.24, 2.45) is 0 Å². The number of benzene rings is 1. The van der Waals surface area contributed by atoms with Crippen LogP contribution in [0, 0.1) is 0 Å². The lowest BCUT2D eigenvalue weighted by atomic mass is 9.93. The van der Waals surface area contributed by atoms with Gasteiger partial charge in [0.2, 0.25) is 10.0 Å². The average molecular weight is 521 g/mol. The average Bonchev–Trinajstić information content (AvgIpc) is 2.83. The normalized spacial score (nSPS) is 19.5. The van der Waals surface area contributed by atoms with Crippen molar-refractivity contribution in [3.63, 3.8) is 0 Å². The van der Waals surface area contributed by atoms with Crippen LogP contribution >= 0.6 is 0 Å². The largest absolute Gasteiger partial charge is 0.416 e. The van der Waals surface area contributed by atoms with E-state index in [-0.39, 0.29) is 17.0 Å². The van der Waals surface area contributed by atoms with Gasteiger partial charge in [0.25, 0.3) is 0 Å². The predicted molar refractivity (Wildman–Crippen MR) is 134 cm³/mol. The second-order valence-corrected chi connectivity index (χ2v) is 11.8. The lowest BCUT2D eigenvalue weighted by Crippen LogP contribution is -2.40. The van der Waals surface area contributed by atoms with Crippen LogP contribution in [0.3, 0.4) is 0 Å². The van der Waals surface area contributed by atoms with E-state index < -0.39 is 21.8 Å². The van der Waals surface area contributed by atoms with E-state index in [0.717, 1.165) is 63.1 Å². The molecule has 1 aromatic carbocycles. The van der Waals surface area contributed by atoms with Gasteiger partial charge in [-0.05, 0) is 89.3 Å². The van der Waals surface area contributed by atoms with Gasteiger partial charge < -0.3 is 9.64 Å². The van der Waals surface area contributed by atoms with Crippen LogP contribution < -0.4 is 0 Å². The molecule has 1 saturated carbocycles. The molecule has 5 nitrogen and oxygen atoms in total. The molecule has 1 aliphatic carbocycles. The van der Waals surface area contributed by atoms with Gasteiger partial charge in [-0.2, -0.15) is 17.5 Å². The highest BCUT2D eigenvalue weighted by molar-refractivity contribution is 7.89. The van der Waals surface area contributed by atoms with E-state index in [1.54, 1.807) is 0 Å². The van der Waals surface area contributed by atoms with E-state index in [9.17, 15) is 21.6 Å². The van der Waals surface area contributed by atoms with Crippen molar-refractivity contribution in [3.05, 3.63) is 29.8 Å². The van der Waals surface area contributed by atoms with Gasteiger partial charge in [0.15, 0.2) is 0 Å². The van der Waals surface area contributed by atoms with Gasteiger partial charge >= 0.3 is 6.18 Å². The summed E-state index contributed by atoms with van der Waals surface area (Å²) in [5.41, 5.74) is -0.855. The summed E-state index contributed by atoms with van der Waals surface area (Å²) in [4.78, 5) is 2.30. The highest BCUT2D eigenvalue weighted by Gasteiger charge is 2.34. The third kappa shape index (κ3) is 10.0.